The Morgan fingerprint density at radius 1 is 1.42 bits per heavy atom. The van der Waals surface area contributed by atoms with Gasteiger partial charge in [-0.2, -0.15) is 5.26 Å². The van der Waals surface area contributed by atoms with Gasteiger partial charge in [0, 0.05) is 6.54 Å². The van der Waals surface area contributed by atoms with Crippen molar-refractivity contribution in [2.45, 2.75) is 45.3 Å². The molecule has 2 atom stereocenters. The number of nitrogens with zero attached hydrogens (tertiary/aromatic N) is 1. The van der Waals surface area contributed by atoms with Crippen molar-refractivity contribution in [1.29, 1.82) is 5.26 Å². The summed E-state index contributed by atoms with van der Waals surface area (Å²) >= 11 is 0. The highest BCUT2D eigenvalue weighted by atomic mass is 16.3. The molecule has 1 aliphatic carbocycles. The summed E-state index contributed by atoms with van der Waals surface area (Å²) < 4.78 is 0. The third-order valence-electron chi connectivity index (χ3n) is 3.98. The number of aliphatic hydroxyl groups excluding tert-OH is 1. The van der Waals surface area contributed by atoms with Crippen molar-refractivity contribution in [2.24, 2.45) is 5.92 Å². The van der Waals surface area contributed by atoms with Gasteiger partial charge in [-0.3, -0.25) is 0 Å². The number of nitrogens with one attached hydrogen (secondary N) is 1. The first-order valence-electron chi connectivity index (χ1n) is 7.07. The number of aryl methyl sites for hydroxylation is 1. The summed E-state index contributed by atoms with van der Waals surface area (Å²) in [6, 6.07) is 7.99. The summed E-state index contributed by atoms with van der Waals surface area (Å²) in [4.78, 5) is 0. The van der Waals surface area contributed by atoms with E-state index in [4.69, 9.17) is 5.26 Å². The molecule has 0 spiro atoms. The standard InChI is InChI=1S/C16H22N2O/c1-12-7-13(9-17)5-6-15(12)11-18-10-14-3-2-4-16(19)8-14/h5-7,14,16,18-19H,2-4,8,10-11H2,1H3. The Bertz CT molecular complexity index is 464. The maximum Gasteiger partial charge on any atom is 0.0991 e. The normalized spacial score (nSPS) is 23.0. The fourth-order valence-electron chi connectivity index (χ4n) is 2.82. The molecule has 102 valence electrons. The molecule has 0 saturated heterocycles. The molecule has 0 bridgehead atoms. The molecule has 0 aliphatic heterocycles. The fourth-order valence-corrected chi connectivity index (χ4v) is 2.82. The van der Waals surface area contributed by atoms with Gasteiger partial charge in [0.05, 0.1) is 17.7 Å². The molecule has 0 radical (unpaired) electrons. The number of benzene rings is 1. The number of hydrogen-bond acceptors (Lipinski definition) is 3. The molecule has 19 heavy (non-hydrogen) atoms. The molecular formula is C16H22N2O. The molecule has 1 fully saturated rings. The van der Waals surface area contributed by atoms with Crippen LogP contribution in [0, 0.1) is 24.2 Å². The van der Waals surface area contributed by atoms with Gasteiger partial charge in [-0.15, -0.1) is 0 Å². The van der Waals surface area contributed by atoms with Crippen LogP contribution in [0.3, 0.4) is 0 Å². The minimum absolute atomic E-state index is 0.0998. The van der Waals surface area contributed by atoms with E-state index >= 15 is 0 Å². The topological polar surface area (TPSA) is 56.0 Å². The van der Waals surface area contributed by atoms with Gasteiger partial charge in [-0.1, -0.05) is 12.5 Å². The van der Waals surface area contributed by atoms with Crippen LogP contribution in [0.1, 0.15) is 42.4 Å². The van der Waals surface area contributed by atoms with E-state index in [9.17, 15) is 5.11 Å². The molecular weight excluding hydrogens is 236 g/mol. The van der Waals surface area contributed by atoms with Crippen molar-refractivity contribution in [3.8, 4) is 6.07 Å². The van der Waals surface area contributed by atoms with Crippen LogP contribution >= 0.6 is 0 Å². The SMILES string of the molecule is Cc1cc(C#N)ccc1CNCC1CCCC(O)C1. The second kappa shape index (κ2) is 6.70. The predicted molar refractivity (Wildman–Crippen MR) is 75.6 cm³/mol. The molecule has 1 aromatic rings. The number of aliphatic hydroxyl groups is 1. The van der Waals surface area contributed by atoms with Gasteiger partial charge in [0.25, 0.3) is 0 Å². The molecule has 2 unspecified atom stereocenters. The van der Waals surface area contributed by atoms with Gasteiger partial charge in [0.2, 0.25) is 0 Å². The third-order valence-corrected chi connectivity index (χ3v) is 3.98. The lowest BCUT2D eigenvalue weighted by Crippen LogP contribution is -2.29. The van der Waals surface area contributed by atoms with Crippen molar-refractivity contribution in [2.75, 3.05) is 6.54 Å². The van der Waals surface area contributed by atoms with Crippen LogP contribution in [0.2, 0.25) is 0 Å². The van der Waals surface area contributed by atoms with Crippen LogP contribution in [0.4, 0.5) is 0 Å². The van der Waals surface area contributed by atoms with E-state index in [1.54, 1.807) is 0 Å². The largest absolute Gasteiger partial charge is 0.393 e. The smallest absolute Gasteiger partial charge is 0.0991 e. The predicted octanol–water partition coefficient (Wildman–Crippen LogP) is 2.51. The number of rotatable bonds is 4. The molecule has 3 nitrogen and oxygen atoms in total. The zero-order valence-corrected chi connectivity index (χ0v) is 11.5. The lowest BCUT2D eigenvalue weighted by Gasteiger charge is -2.26. The Morgan fingerprint density at radius 3 is 2.95 bits per heavy atom. The molecule has 0 heterocycles. The Kier molecular flexibility index (Phi) is 4.95. The summed E-state index contributed by atoms with van der Waals surface area (Å²) in [5.41, 5.74) is 3.13. The Morgan fingerprint density at radius 2 is 2.26 bits per heavy atom. The average molecular weight is 258 g/mol. The second-order valence-corrected chi connectivity index (χ2v) is 5.57. The highest BCUT2D eigenvalue weighted by Crippen LogP contribution is 2.23. The summed E-state index contributed by atoms with van der Waals surface area (Å²) in [6.07, 6.45) is 4.15. The first-order chi connectivity index (χ1) is 9.19. The van der Waals surface area contributed by atoms with Gasteiger partial charge in [0.1, 0.15) is 0 Å². The molecule has 0 amide bonds. The molecule has 1 aromatic carbocycles. The molecule has 0 aromatic heterocycles. The molecule has 3 heteroatoms. The highest BCUT2D eigenvalue weighted by Gasteiger charge is 2.19. The van der Waals surface area contributed by atoms with Crippen LogP contribution in [0.15, 0.2) is 18.2 Å². The Labute approximate surface area is 115 Å². The van der Waals surface area contributed by atoms with Crippen molar-refractivity contribution >= 4 is 0 Å². The zero-order valence-electron chi connectivity index (χ0n) is 11.5. The minimum atomic E-state index is -0.0998. The van der Waals surface area contributed by atoms with Crippen LogP contribution in [0.25, 0.3) is 0 Å². The quantitative estimate of drug-likeness (QED) is 0.872. The van der Waals surface area contributed by atoms with Crippen LogP contribution in [0.5, 0.6) is 0 Å². The first kappa shape index (κ1) is 14.0. The van der Waals surface area contributed by atoms with Gasteiger partial charge in [-0.25, -0.2) is 0 Å². The van der Waals surface area contributed by atoms with Crippen molar-refractivity contribution in [1.82, 2.24) is 5.32 Å². The van der Waals surface area contributed by atoms with Crippen molar-refractivity contribution in [3.05, 3.63) is 34.9 Å². The van der Waals surface area contributed by atoms with Gasteiger partial charge >= 0.3 is 0 Å². The Hall–Kier alpha value is -1.37. The van der Waals surface area contributed by atoms with Crippen molar-refractivity contribution < 1.29 is 5.11 Å². The Balaban J connectivity index is 1.81. The van der Waals surface area contributed by atoms with E-state index in [1.807, 2.05) is 25.1 Å². The van der Waals surface area contributed by atoms with E-state index in [0.29, 0.717) is 5.92 Å². The summed E-state index contributed by atoms with van der Waals surface area (Å²) in [7, 11) is 0. The highest BCUT2D eigenvalue weighted by molar-refractivity contribution is 5.37. The summed E-state index contributed by atoms with van der Waals surface area (Å²) in [5, 5.41) is 22.0. The summed E-state index contributed by atoms with van der Waals surface area (Å²) in [6.45, 7) is 3.85. The van der Waals surface area contributed by atoms with Crippen LogP contribution in [-0.4, -0.2) is 17.8 Å². The summed E-state index contributed by atoms with van der Waals surface area (Å²) in [5.74, 6) is 0.599. The van der Waals surface area contributed by atoms with Crippen LogP contribution < -0.4 is 5.32 Å². The minimum Gasteiger partial charge on any atom is -0.393 e. The van der Waals surface area contributed by atoms with E-state index < -0.39 is 0 Å². The lowest BCUT2D eigenvalue weighted by molar-refractivity contribution is 0.101. The number of nitriles is 1. The van der Waals surface area contributed by atoms with Crippen LogP contribution in [-0.2, 0) is 6.54 Å². The number of hydrogen-bond donors (Lipinski definition) is 2. The van der Waals surface area contributed by atoms with E-state index in [2.05, 4.69) is 11.4 Å². The van der Waals surface area contributed by atoms with Crippen molar-refractivity contribution in [3.63, 3.8) is 0 Å². The zero-order chi connectivity index (χ0) is 13.7. The van der Waals surface area contributed by atoms with Gasteiger partial charge in [0.15, 0.2) is 0 Å². The maximum absolute atomic E-state index is 9.64. The maximum atomic E-state index is 9.64. The molecule has 2 N–H and O–H groups in total. The van der Waals surface area contributed by atoms with E-state index in [1.165, 1.54) is 12.0 Å². The monoisotopic (exact) mass is 258 g/mol. The molecule has 1 saturated carbocycles. The van der Waals surface area contributed by atoms with E-state index in [-0.39, 0.29) is 6.10 Å². The third kappa shape index (κ3) is 4.05. The second-order valence-electron chi connectivity index (χ2n) is 5.57. The van der Waals surface area contributed by atoms with Gasteiger partial charge in [-0.05, 0) is 61.9 Å². The molecule has 2 rings (SSSR count). The van der Waals surface area contributed by atoms with E-state index in [0.717, 1.165) is 43.5 Å². The fraction of sp³-hybridized carbons (Fsp3) is 0.562. The first-order valence-corrected chi connectivity index (χ1v) is 7.07. The average Bonchev–Trinajstić information content (AvgIpc) is 2.40. The lowest BCUT2D eigenvalue weighted by atomic mass is 9.87. The molecule has 1 aliphatic rings. The van der Waals surface area contributed by atoms with Gasteiger partial charge < -0.3 is 10.4 Å².